The molecule has 0 N–H and O–H groups in total. The molecule has 1 aliphatic heterocycles. The molecule has 178 valence electrons. The normalized spacial score (nSPS) is 28.5. The second-order valence-electron chi connectivity index (χ2n) is 10.4. The van der Waals surface area contributed by atoms with Gasteiger partial charge in [-0.2, -0.15) is 0 Å². The summed E-state index contributed by atoms with van der Waals surface area (Å²) in [5.41, 5.74) is 1.20. The zero-order chi connectivity index (χ0) is 22.3. The highest BCUT2D eigenvalue weighted by Crippen LogP contribution is 2.42. The van der Waals surface area contributed by atoms with Gasteiger partial charge in [-0.3, -0.25) is 0 Å². The summed E-state index contributed by atoms with van der Waals surface area (Å²) in [6.45, 7) is 5.00. The first-order valence-electron chi connectivity index (χ1n) is 13.3. The molecule has 32 heavy (non-hydrogen) atoms. The van der Waals surface area contributed by atoms with Crippen molar-refractivity contribution in [3.63, 3.8) is 0 Å². The monoisotopic (exact) mass is 460 g/mol. The Morgan fingerprint density at radius 2 is 1.44 bits per heavy atom. The number of hydrogen-bond acceptors (Lipinski definition) is 3. The van der Waals surface area contributed by atoms with Crippen LogP contribution in [0.15, 0.2) is 30.3 Å². The summed E-state index contributed by atoms with van der Waals surface area (Å²) in [6.07, 6.45) is 14.7. The van der Waals surface area contributed by atoms with E-state index in [0.717, 1.165) is 6.42 Å². The lowest BCUT2D eigenvalue weighted by Crippen LogP contribution is -2.40. The molecule has 2 aliphatic carbocycles. The average molecular weight is 461 g/mol. The van der Waals surface area contributed by atoms with Gasteiger partial charge in [0.1, 0.15) is 0 Å². The van der Waals surface area contributed by atoms with Crippen molar-refractivity contribution in [2.75, 3.05) is 0 Å². The van der Waals surface area contributed by atoms with Crippen molar-refractivity contribution >= 4 is 18.7 Å². The van der Waals surface area contributed by atoms with Crippen LogP contribution in [0.3, 0.4) is 0 Å². The van der Waals surface area contributed by atoms with E-state index in [9.17, 15) is 0 Å². The SMILES string of the molecule is CC[C@H](OCc1ccccc1)[C@H](C)[C@@H](Cl)B1O[C@H](C2CCCCC2)[C@@H](C2CCCCC2)O1. The van der Waals surface area contributed by atoms with Crippen LogP contribution in [0.1, 0.15) is 90.0 Å². The summed E-state index contributed by atoms with van der Waals surface area (Å²) >= 11 is 7.07. The molecule has 0 bridgehead atoms. The van der Waals surface area contributed by atoms with E-state index in [1.54, 1.807) is 0 Å². The first-order chi connectivity index (χ1) is 15.7. The predicted molar refractivity (Wildman–Crippen MR) is 133 cm³/mol. The standard InChI is InChI=1S/C27H42BClO3/c1-3-24(30-19-21-13-7-4-8-14-21)20(2)27(29)28-31-25(22-15-9-5-10-16-22)26(32-28)23-17-11-6-12-18-23/h4,7-8,13-14,20,22-27H,3,5-6,9-12,15-19H2,1-2H3/t20-,24-,25+,26+,27+/m0/s1. The zero-order valence-corrected chi connectivity index (χ0v) is 20.8. The lowest BCUT2D eigenvalue weighted by atomic mass is 9.74. The van der Waals surface area contributed by atoms with Crippen molar-refractivity contribution in [1.29, 1.82) is 0 Å². The van der Waals surface area contributed by atoms with Gasteiger partial charge in [0.15, 0.2) is 0 Å². The van der Waals surface area contributed by atoms with Crippen molar-refractivity contribution in [2.45, 2.75) is 115 Å². The Morgan fingerprint density at radius 1 is 0.906 bits per heavy atom. The van der Waals surface area contributed by atoms with Gasteiger partial charge in [-0.05, 0) is 55.4 Å². The Bertz CT molecular complexity index is 636. The summed E-state index contributed by atoms with van der Waals surface area (Å²) in [4.78, 5) is 0. The van der Waals surface area contributed by atoms with Gasteiger partial charge in [-0.15, -0.1) is 11.6 Å². The van der Waals surface area contributed by atoms with Gasteiger partial charge in [0.25, 0.3) is 0 Å². The maximum atomic E-state index is 7.07. The third kappa shape index (κ3) is 6.11. The van der Waals surface area contributed by atoms with E-state index in [4.69, 9.17) is 25.6 Å². The van der Waals surface area contributed by atoms with Gasteiger partial charge in [0.2, 0.25) is 0 Å². The first-order valence-corrected chi connectivity index (χ1v) is 13.7. The van der Waals surface area contributed by atoms with Crippen LogP contribution in [-0.2, 0) is 20.7 Å². The van der Waals surface area contributed by atoms with Gasteiger partial charge in [0, 0.05) is 0 Å². The topological polar surface area (TPSA) is 27.7 Å². The van der Waals surface area contributed by atoms with Gasteiger partial charge < -0.3 is 14.0 Å². The predicted octanol–water partition coefficient (Wildman–Crippen LogP) is 7.20. The third-order valence-corrected chi connectivity index (χ3v) is 8.80. The van der Waals surface area contributed by atoms with Crippen LogP contribution in [0.5, 0.6) is 0 Å². The largest absolute Gasteiger partial charge is 0.476 e. The zero-order valence-electron chi connectivity index (χ0n) is 20.1. The fourth-order valence-corrected chi connectivity index (χ4v) is 6.48. The van der Waals surface area contributed by atoms with Crippen LogP contribution in [0, 0.1) is 17.8 Å². The Morgan fingerprint density at radius 3 is 1.94 bits per heavy atom. The molecule has 0 spiro atoms. The van der Waals surface area contributed by atoms with Crippen LogP contribution >= 0.6 is 11.6 Å². The van der Waals surface area contributed by atoms with Gasteiger partial charge in [0.05, 0.1) is 30.2 Å². The summed E-state index contributed by atoms with van der Waals surface area (Å²) in [6, 6.07) is 10.4. The molecule has 0 unspecified atom stereocenters. The van der Waals surface area contributed by atoms with E-state index in [0.29, 0.717) is 18.4 Å². The number of alkyl halides is 1. The molecule has 5 atom stereocenters. The molecule has 0 amide bonds. The first kappa shape index (κ1) is 24.6. The molecular formula is C27H42BClO3. The molecular weight excluding hydrogens is 419 g/mol. The maximum absolute atomic E-state index is 7.07. The van der Waals surface area contributed by atoms with E-state index in [1.165, 1.54) is 69.8 Å². The molecule has 0 radical (unpaired) electrons. The Labute approximate surface area is 201 Å². The molecule has 1 heterocycles. The molecule has 1 saturated heterocycles. The minimum absolute atomic E-state index is 0.0896. The molecule has 3 nitrogen and oxygen atoms in total. The second kappa shape index (κ2) is 12.2. The van der Waals surface area contributed by atoms with E-state index in [-0.39, 0.29) is 36.6 Å². The minimum atomic E-state index is -0.320. The Balaban J connectivity index is 1.40. The molecule has 1 aromatic rings. The number of rotatable bonds is 9. The van der Waals surface area contributed by atoms with Crippen LogP contribution in [-0.4, -0.2) is 30.7 Å². The molecule has 0 aromatic heterocycles. The molecule has 1 aromatic carbocycles. The fraction of sp³-hybridized carbons (Fsp3) is 0.778. The highest BCUT2D eigenvalue weighted by atomic mass is 35.5. The average Bonchev–Trinajstić information content (AvgIpc) is 3.31. The van der Waals surface area contributed by atoms with Gasteiger partial charge in [-0.1, -0.05) is 82.7 Å². The Hall–Kier alpha value is -0.545. The molecule has 3 fully saturated rings. The van der Waals surface area contributed by atoms with Crippen molar-refractivity contribution in [1.82, 2.24) is 0 Å². The highest BCUT2D eigenvalue weighted by molar-refractivity contribution is 6.59. The van der Waals surface area contributed by atoms with Crippen molar-refractivity contribution in [3.05, 3.63) is 35.9 Å². The second-order valence-corrected chi connectivity index (χ2v) is 10.9. The van der Waals surface area contributed by atoms with Crippen molar-refractivity contribution in [2.24, 2.45) is 17.8 Å². The molecule has 3 aliphatic rings. The molecule has 2 saturated carbocycles. The number of benzene rings is 1. The van der Waals surface area contributed by atoms with Crippen LogP contribution in [0.4, 0.5) is 0 Å². The van der Waals surface area contributed by atoms with Crippen molar-refractivity contribution in [3.8, 4) is 0 Å². The number of hydrogen-bond donors (Lipinski definition) is 0. The highest BCUT2D eigenvalue weighted by Gasteiger charge is 2.51. The van der Waals surface area contributed by atoms with E-state index in [1.807, 2.05) is 6.07 Å². The quantitative estimate of drug-likeness (QED) is 0.288. The summed E-state index contributed by atoms with van der Waals surface area (Å²) in [5.74, 6) is 1.43. The molecule has 5 heteroatoms. The number of ether oxygens (including phenoxy) is 1. The number of halogens is 1. The van der Waals surface area contributed by atoms with Crippen LogP contribution in [0.25, 0.3) is 0 Å². The van der Waals surface area contributed by atoms with Crippen LogP contribution in [0.2, 0.25) is 0 Å². The van der Waals surface area contributed by atoms with Gasteiger partial charge >= 0.3 is 7.12 Å². The minimum Gasteiger partial charge on any atom is -0.404 e. The van der Waals surface area contributed by atoms with E-state index >= 15 is 0 Å². The maximum Gasteiger partial charge on any atom is 0.476 e. The van der Waals surface area contributed by atoms with E-state index < -0.39 is 0 Å². The Kier molecular flexibility index (Phi) is 9.40. The lowest BCUT2D eigenvalue weighted by molar-refractivity contribution is 0.00472. The fourth-order valence-electron chi connectivity index (χ4n) is 6.20. The summed E-state index contributed by atoms with van der Waals surface area (Å²) < 4.78 is 19.7. The summed E-state index contributed by atoms with van der Waals surface area (Å²) in [7, 11) is -0.320. The van der Waals surface area contributed by atoms with Gasteiger partial charge in [-0.25, -0.2) is 0 Å². The lowest BCUT2D eigenvalue weighted by Gasteiger charge is -2.35. The van der Waals surface area contributed by atoms with Crippen molar-refractivity contribution < 1.29 is 14.0 Å². The summed E-state index contributed by atoms with van der Waals surface area (Å²) in [5, 5.41) is -0.199. The molecule has 4 rings (SSSR count). The van der Waals surface area contributed by atoms with Crippen LogP contribution < -0.4 is 0 Å². The smallest absolute Gasteiger partial charge is 0.404 e. The van der Waals surface area contributed by atoms with E-state index in [2.05, 4.69) is 38.1 Å². The third-order valence-electron chi connectivity index (χ3n) is 8.19.